The Labute approximate surface area is 103 Å². The molecule has 0 saturated heterocycles. The summed E-state index contributed by atoms with van der Waals surface area (Å²) >= 11 is 0. The third-order valence-corrected chi connectivity index (χ3v) is 2.53. The number of hydrogen-bond donors (Lipinski definition) is 4. The van der Waals surface area contributed by atoms with Crippen molar-refractivity contribution in [2.45, 2.75) is 19.9 Å². The van der Waals surface area contributed by atoms with Crippen LogP contribution in [0.3, 0.4) is 0 Å². The van der Waals surface area contributed by atoms with Crippen LogP contribution in [0.4, 0.5) is 11.8 Å². The van der Waals surface area contributed by atoms with Crippen molar-refractivity contribution in [1.82, 2.24) is 19.9 Å². The van der Waals surface area contributed by atoms with Crippen molar-refractivity contribution in [3.05, 3.63) is 6.33 Å². The van der Waals surface area contributed by atoms with Gasteiger partial charge in [-0.15, -0.1) is 0 Å². The second-order valence-corrected chi connectivity index (χ2v) is 4.24. The third kappa shape index (κ3) is 2.17. The summed E-state index contributed by atoms with van der Waals surface area (Å²) in [4.78, 5) is 25.9. The highest BCUT2D eigenvalue weighted by atomic mass is 16.4. The molecule has 2 aromatic heterocycles. The molecular weight excluding hydrogens is 236 g/mol. The Hall–Kier alpha value is -2.38. The summed E-state index contributed by atoms with van der Waals surface area (Å²) in [6.45, 7) is 3.61. The summed E-state index contributed by atoms with van der Waals surface area (Å²) in [6.07, 6.45) is 1.45. The van der Waals surface area contributed by atoms with Crippen LogP contribution >= 0.6 is 0 Å². The molecule has 8 heteroatoms. The minimum Gasteiger partial charge on any atom is -0.480 e. The van der Waals surface area contributed by atoms with Crippen LogP contribution in [0, 0.1) is 5.92 Å². The molecule has 0 bridgehead atoms. The van der Waals surface area contributed by atoms with Crippen LogP contribution in [0.15, 0.2) is 6.33 Å². The van der Waals surface area contributed by atoms with Gasteiger partial charge in [-0.05, 0) is 5.92 Å². The number of carboxylic acid groups (broad SMARTS) is 1. The fourth-order valence-corrected chi connectivity index (χ4v) is 1.62. The SMILES string of the molecule is CC(C)[C@@H](Nc1nc(N)nc2nc[nH]c12)C(=O)O. The first-order valence-electron chi connectivity index (χ1n) is 5.45. The van der Waals surface area contributed by atoms with E-state index in [9.17, 15) is 4.79 Å². The Kier molecular flexibility index (Phi) is 3.00. The van der Waals surface area contributed by atoms with E-state index in [0.717, 1.165) is 0 Å². The summed E-state index contributed by atoms with van der Waals surface area (Å²) in [5, 5.41) is 12.0. The van der Waals surface area contributed by atoms with Gasteiger partial charge in [0.2, 0.25) is 5.95 Å². The summed E-state index contributed by atoms with van der Waals surface area (Å²) in [5.74, 6) is -0.660. The Morgan fingerprint density at radius 2 is 2.22 bits per heavy atom. The first-order valence-corrected chi connectivity index (χ1v) is 5.45. The molecule has 0 aromatic carbocycles. The van der Waals surface area contributed by atoms with E-state index in [2.05, 4.69) is 25.3 Å². The maximum absolute atomic E-state index is 11.1. The van der Waals surface area contributed by atoms with E-state index in [-0.39, 0.29) is 11.9 Å². The number of hydrogen-bond acceptors (Lipinski definition) is 6. The maximum Gasteiger partial charge on any atom is 0.326 e. The number of imidazole rings is 1. The van der Waals surface area contributed by atoms with Gasteiger partial charge in [-0.25, -0.2) is 9.78 Å². The number of anilines is 2. The molecule has 0 spiro atoms. The van der Waals surface area contributed by atoms with Crippen LogP contribution < -0.4 is 11.1 Å². The number of aliphatic carboxylic acids is 1. The number of aromatic amines is 1. The molecule has 0 saturated carbocycles. The number of rotatable bonds is 4. The first-order chi connectivity index (χ1) is 8.49. The van der Waals surface area contributed by atoms with E-state index in [4.69, 9.17) is 10.8 Å². The number of aromatic nitrogens is 4. The molecule has 96 valence electrons. The normalized spacial score (nSPS) is 12.8. The van der Waals surface area contributed by atoms with Gasteiger partial charge in [0.1, 0.15) is 11.6 Å². The Bertz CT molecular complexity index is 579. The number of fused-ring (bicyclic) bond motifs is 1. The molecular formula is C10H14N6O2. The predicted octanol–water partition coefficient (Wildman–Crippen LogP) is 0.456. The standard InChI is InChI=1S/C10H14N6O2/c1-4(2)5(9(17)18)14-8-6-7(13-3-12-6)15-10(11)16-8/h3-5H,1-2H3,(H,17,18)(H4,11,12,13,14,15,16)/t5-/m1/s1. The van der Waals surface area contributed by atoms with Crippen molar-refractivity contribution in [2.24, 2.45) is 5.92 Å². The maximum atomic E-state index is 11.1. The number of nitrogens with one attached hydrogen (secondary N) is 2. The van der Waals surface area contributed by atoms with Gasteiger partial charge in [-0.2, -0.15) is 9.97 Å². The molecule has 0 fully saturated rings. The Balaban J connectivity index is 2.41. The van der Waals surface area contributed by atoms with Gasteiger partial charge in [0, 0.05) is 0 Å². The van der Waals surface area contributed by atoms with E-state index >= 15 is 0 Å². The highest BCUT2D eigenvalue weighted by Crippen LogP contribution is 2.19. The number of nitrogens with two attached hydrogens (primary N) is 1. The average molecular weight is 250 g/mol. The largest absolute Gasteiger partial charge is 0.480 e. The molecule has 18 heavy (non-hydrogen) atoms. The molecule has 0 aliphatic rings. The quantitative estimate of drug-likeness (QED) is 0.620. The van der Waals surface area contributed by atoms with Gasteiger partial charge in [-0.3, -0.25) is 0 Å². The monoisotopic (exact) mass is 250 g/mol. The van der Waals surface area contributed by atoms with Crippen molar-refractivity contribution in [3.8, 4) is 0 Å². The van der Waals surface area contributed by atoms with Crippen LogP contribution in [-0.2, 0) is 4.79 Å². The molecule has 8 nitrogen and oxygen atoms in total. The summed E-state index contributed by atoms with van der Waals surface area (Å²) in [5.41, 5.74) is 6.49. The van der Waals surface area contributed by atoms with Crippen LogP contribution in [0.2, 0.25) is 0 Å². The number of nitrogens with zero attached hydrogens (tertiary/aromatic N) is 3. The van der Waals surface area contributed by atoms with E-state index in [0.29, 0.717) is 17.0 Å². The van der Waals surface area contributed by atoms with Crippen molar-refractivity contribution < 1.29 is 9.90 Å². The molecule has 2 aromatic rings. The van der Waals surface area contributed by atoms with E-state index in [1.165, 1.54) is 6.33 Å². The molecule has 0 amide bonds. The fourth-order valence-electron chi connectivity index (χ4n) is 1.62. The van der Waals surface area contributed by atoms with Gasteiger partial charge >= 0.3 is 5.97 Å². The van der Waals surface area contributed by atoms with E-state index < -0.39 is 12.0 Å². The second kappa shape index (κ2) is 4.47. The second-order valence-electron chi connectivity index (χ2n) is 4.24. The number of H-pyrrole nitrogens is 1. The Morgan fingerprint density at radius 1 is 1.50 bits per heavy atom. The van der Waals surface area contributed by atoms with Crippen LogP contribution in [0.25, 0.3) is 11.2 Å². The predicted molar refractivity (Wildman–Crippen MR) is 66.0 cm³/mol. The lowest BCUT2D eigenvalue weighted by atomic mass is 10.1. The van der Waals surface area contributed by atoms with Gasteiger partial charge in [0.25, 0.3) is 0 Å². The topological polar surface area (TPSA) is 130 Å². The minimum absolute atomic E-state index is 0.0463. The van der Waals surface area contributed by atoms with Crippen LogP contribution in [0.1, 0.15) is 13.8 Å². The molecule has 0 radical (unpaired) electrons. The van der Waals surface area contributed by atoms with Crippen molar-refractivity contribution in [1.29, 1.82) is 0 Å². The zero-order valence-electron chi connectivity index (χ0n) is 10.0. The van der Waals surface area contributed by atoms with Gasteiger partial charge in [0.05, 0.1) is 6.33 Å². The molecule has 1 atom stereocenters. The molecule has 2 heterocycles. The third-order valence-electron chi connectivity index (χ3n) is 2.53. The van der Waals surface area contributed by atoms with Gasteiger partial charge in [0.15, 0.2) is 11.5 Å². The zero-order chi connectivity index (χ0) is 13.3. The number of carboxylic acids is 1. The summed E-state index contributed by atoms with van der Waals surface area (Å²) in [6, 6.07) is -0.759. The van der Waals surface area contributed by atoms with Gasteiger partial charge < -0.3 is 21.1 Å². The highest BCUT2D eigenvalue weighted by Gasteiger charge is 2.23. The van der Waals surface area contributed by atoms with Crippen LogP contribution in [-0.4, -0.2) is 37.1 Å². The van der Waals surface area contributed by atoms with Crippen molar-refractivity contribution >= 4 is 28.9 Å². The summed E-state index contributed by atoms with van der Waals surface area (Å²) < 4.78 is 0. The zero-order valence-corrected chi connectivity index (χ0v) is 10.0. The lowest BCUT2D eigenvalue weighted by molar-refractivity contribution is -0.138. The fraction of sp³-hybridized carbons (Fsp3) is 0.400. The first kappa shape index (κ1) is 12.1. The smallest absolute Gasteiger partial charge is 0.326 e. The molecule has 0 aliphatic heterocycles. The summed E-state index contributed by atoms with van der Waals surface area (Å²) in [7, 11) is 0. The molecule has 5 N–H and O–H groups in total. The lowest BCUT2D eigenvalue weighted by Gasteiger charge is -2.18. The molecule has 0 aliphatic carbocycles. The molecule has 2 rings (SSSR count). The van der Waals surface area contributed by atoms with Crippen LogP contribution in [0.5, 0.6) is 0 Å². The lowest BCUT2D eigenvalue weighted by Crippen LogP contribution is -2.34. The number of nitrogen functional groups attached to an aromatic ring is 1. The van der Waals surface area contributed by atoms with E-state index in [1.54, 1.807) is 13.8 Å². The molecule has 0 unspecified atom stereocenters. The van der Waals surface area contributed by atoms with E-state index in [1.807, 2.05) is 0 Å². The van der Waals surface area contributed by atoms with Crippen molar-refractivity contribution in [2.75, 3.05) is 11.1 Å². The van der Waals surface area contributed by atoms with Gasteiger partial charge in [-0.1, -0.05) is 13.8 Å². The number of carbonyl (C=O) groups is 1. The highest BCUT2D eigenvalue weighted by molar-refractivity contribution is 5.86. The minimum atomic E-state index is -0.949. The van der Waals surface area contributed by atoms with Crippen molar-refractivity contribution in [3.63, 3.8) is 0 Å². The Morgan fingerprint density at radius 3 is 2.83 bits per heavy atom. The average Bonchev–Trinajstić information content (AvgIpc) is 2.72.